The van der Waals surface area contributed by atoms with E-state index in [2.05, 4.69) is 13.5 Å². The van der Waals surface area contributed by atoms with Gasteiger partial charge in [-0.2, -0.15) is 0 Å². The normalized spacial score (nSPS) is 32.8. The van der Waals surface area contributed by atoms with Crippen molar-refractivity contribution in [2.45, 2.75) is 46.0 Å². The molecule has 1 nitrogen and oxygen atoms in total. The van der Waals surface area contributed by atoms with Gasteiger partial charge in [-0.15, -0.1) is 6.58 Å². The Morgan fingerprint density at radius 1 is 1.62 bits per heavy atom. The van der Waals surface area contributed by atoms with E-state index in [0.29, 0.717) is 11.7 Å². The average Bonchev–Trinajstić information content (AvgIpc) is 2.15. The monoisotopic (exact) mass is 180 g/mol. The molecule has 0 bridgehead atoms. The van der Waals surface area contributed by atoms with Crippen molar-refractivity contribution in [1.82, 2.24) is 0 Å². The van der Waals surface area contributed by atoms with Crippen molar-refractivity contribution in [2.75, 3.05) is 0 Å². The molecule has 0 amide bonds. The van der Waals surface area contributed by atoms with Gasteiger partial charge in [-0.3, -0.25) is 4.79 Å². The number of carbonyl (C=O) groups excluding carboxylic acids is 1. The Kier molecular flexibility index (Phi) is 3.29. The van der Waals surface area contributed by atoms with Crippen LogP contribution in [0.4, 0.5) is 0 Å². The second-order valence-electron chi connectivity index (χ2n) is 4.31. The van der Waals surface area contributed by atoms with Crippen LogP contribution >= 0.6 is 0 Å². The molecule has 1 aliphatic carbocycles. The second-order valence-corrected chi connectivity index (χ2v) is 4.31. The molecule has 0 saturated heterocycles. The molecule has 2 unspecified atom stereocenters. The molecular weight excluding hydrogens is 160 g/mol. The standard InChI is InChI=1S/C12H20O/c1-4-6-7-8-10-9-11(13)12(10,3)5-2/h5,10H,2,4,6-9H2,1,3H3. The van der Waals surface area contributed by atoms with E-state index in [-0.39, 0.29) is 5.41 Å². The van der Waals surface area contributed by atoms with Gasteiger partial charge in [-0.1, -0.05) is 32.3 Å². The number of allylic oxidation sites excluding steroid dienone is 1. The first-order valence-corrected chi connectivity index (χ1v) is 5.32. The fourth-order valence-electron chi connectivity index (χ4n) is 2.08. The van der Waals surface area contributed by atoms with E-state index in [4.69, 9.17) is 0 Å². The second kappa shape index (κ2) is 4.08. The van der Waals surface area contributed by atoms with Gasteiger partial charge >= 0.3 is 0 Å². The third-order valence-electron chi connectivity index (χ3n) is 3.46. The summed E-state index contributed by atoms with van der Waals surface area (Å²) in [5.41, 5.74) is -0.187. The maximum absolute atomic E-state index is 11.4. The van der Waals surface area contributed by atoms with Crippen LogP contribution in [-0.2, 0) is 4.79 Å². The van der Waals surface area contributed by atoms with Crippen molar-refractivity contribution in [3.8, 4) is 0 Å². The van der Waals surface area contributed by atoms with Crippen LogP contribution in [0.1, 0.15) is 46.0 Å². The number of carbonyl (C=O) groups is 1. The van der Waals surface area contributed by atoms with Crippen LogP contribution in [0.2, 0.25) is 0 Å². The van der Waals surface area contributed by atoms with Crippen LogP contribution in [-0.4, -0.2) is 5.78 Å². The van der Waals surface area contributed by atoms with Gasteiger partial charge in [0.1, 0.15) is 5.78 Å². The van der Waals surface area contributed by atoms with Gasteiger partial charge in [0.25, 0.3) is 0 Å². The van der Waals surface area contributed by atoms with Gasteiger partial charge < -0.3 is 0 Å². The number of hydrogen-bond donors (Lipinski definition) is 0. The molecule has 0 spiro atoms. The maximum atomic E-state index is 11.4. The van der Waals surface area contributed by atoms with Crippen molar-refractivity contribution in [2.24, 2.45) is 11.3 Å². The lowest BCUT2D eigenvalue weighted by atomic mass is 9.59. The molecule has 0 aromatic rings. The molecule has 1 rings (SSSR count). The van der Waals surface area contributed by atoms with Crippen LogP contribution in [0.15, 0.2) is 12.7 Å². The van der Waals surface area contributed by atoms with E-state index >= 15 is 0 Å². The molecule has 0 N–H and O–H groups in total. The third-order valence-corrected chi connectivity index (χ3v) is 3.46. The quantitative estimate of drug-likeness (QED) is 0.468. The minimum Gasteiger partial charge on any atom is -0.299 e. The van der Waals surface area contributed by atoms with E-state index in [1.807, 2.05) is 13.0 Å². The number of rotatable bonds is 5. The first-order valence-electron chi connectivity index (χ1n) is 5.32. The van der Waals surface area contributed by atoms with Crippen molar-refractivity contribution in [3.63, 3.8) is 0 Å². The van der Waals surface area contributed by atoms with Crippen molar-refractivity contribution in [3.05, 3.63) is 12.7 Å². The third kappa shape index (κ3) is 1.84. The average molecular weight is 180 g/mol. The lowest BCUT2D eigenvalue weighted by Crippen LogP contribution is -2.46. The Bertz CT molecular complexity index is 207. The Morgan fingerprint density at radius 3 is 2.77 bits per heavy atom. The highest BCUT2D eigenvalue weighted by atomic mass is 16.1. The summed E-state index contributed by atoms with van der Waals surface area (Å²) in [4.78, 5) is 11.4. The highest BCUT2D eigenvalue weighted by molar-refractivity contribution is 5.92. The van der Waals surface area contributed by atoms with Gasteiger partial charge in [-0.25, -0.2) is 0 Å². The largest absolute Gasteiger partial charge is 0.299 e. The maximum Gasteiger partial charge on any atom is 0.143 e. The Balaban J connectivity index is 2.37. The van der Waals surface area contributed by atoms with E-state index < -0.39 is 0 Å². The predicted octanol–water partition coefficient (Wildman–Crippen LogP) is 3.35. The molecule has 13 heavy (non-hydrogen) atoms. The van der Waals surface area contributed by atoms with Crippen LogP contribution in [0, 0.1) is 11.3 Å². The lowest BCUT2D eigenvalue weighted by Gasteiger charge is -2.43. The molecule has 1 aliphatic rings. The Labute approximate surface area is 81.2 Å². The summed E-state index contributed by atoms with van der Waals surface area (Å²) < 4.78 is 0. The minimum atomic E-state index is -0.187. The van der Waals surface area contributed by atoms with E-state index in [1.165, 1.54) is 25.7 Å². The smallest absolute Gasteiger partial charge is 0.143 e. The van der Waals surface area contributed by atoms with Crippen LogP contribution < -0.4 is 0 Å². The summed E-state index contributed by atoms with van der Waals surface area (Å²) in [5.74, 6) is 0.952. The molecule has 1 heteroatoms. The topological polar surface area (TPSA) is 17.1 Å². The summed E-state index contributed by atoms with van der Waals surface area (Å²) in [5, 5.41) is 0. The van der Waals surface area contributed by atoms with Gasteiger partial charge in [0, 0.05) is 11.8 Å². The van der Waals surface area contributed by atoms with E-state index in [9.17, 15) is 4.79 Å². The molecule has 74 valence electrons. The zero-order valence-corrected chi connectivity index (χ0v) is 8.81. The van der Waals surface area contributed by atoms with Crippen molar-refractivity contribution in [1.29, 1.82) is 0 Å². The molecule has 1 fully saturated rings. The van der Waals surface area contributed by atoms with Crippen molar-refractivity contribution < 1.29 is 4.79 Å². The SMILES string of the molecule is C=CC1(C)C(=O)CC1CCCCC. The Hall–Kier alpha value is -0.590. The van der Waals surface area contributed by atoms with Gasteiger partial charge in [0.15, 0.2) is 0 Å². The molecule has 0 radical (unpaired) electrons. The summed E-state index contributed by atoms with van der Waals surface area (Å²) >= 11 is 0. The Morgan fingerprint density at radius 2 is 2.31 bits per heavy atom. The number of ketones is 1. The van der Waals surface area contributed by atoms with Crippen LogP contribution in [0.5, 0.6) is 0 Å². The molecular formula is C12H20O. The number of hydrogen-bond acceptors (Lipinski definition) is 1. The van der Waals surface area contributed by atoms with Crippen molar-refractivity contribution >= 4 is 5.78 Å². The van der Waals surface area contributed by atoms with Gasteiger partial charge in [-0.05, 0) is 19.3 Å². The fraction of sp³-hybridized carbons (Fsp3) is 0.750. The molecule has 0 heterocycles. The van der Waals surface area contributed by atoms with Crippen LogP contribution in [0.3, 0.4) is 0 Å². The molecule has 0 aromatic carbocycles. The number of unbranched alkanes of at least 4 members (excludes halogenated alkanes) is 2. The summed E-state index contributed by atoms with van der Waals surface area (Å²) in [6.45, 7) is 8.00. The van der Waals surface area contributed by atoms with E-state index in [0.717, 1.165) is 6.42 Å². The minimum absolute atomic E-state index is 0.187. The molecule has 2 atom stereocenters. The summed E-state index contributed by atoms with van der Waals surface area (Å²) in [6.07, 6.45) is 7.63. The zero-order valence-electron chi connectivity index (χ0n) is 8.81. The molecule has 0 aliphatic heterocycles. The first kappa shape index (κ1) is 10.5. The fourth-order valence-corrected chi connectivity index (χ4v) is 2.08. The van der Waals surface area contributed by atoms with E-state index in [1.54, 1.807) is 0 Å². The highest BCUT2D eigenvalue weighted by Crippen LogP contribution is 2.46. The summed E-state index contributed by atoms with van der Waals surface area (Å²) in [7, 11) is 0. The summed E-state index contributed by atoms with van der Waals surface area (Å²) in [6, 6.07) is 0. The lowest BCUT2D eigenvalue weighted by molar-refractivity contribution is -0.140. The zero-order chi connectivity index (χ0) is 9.90. The van der Waals surface area contributed by atoms with Gasteiger partial charge in [0.2, 0.25) is 0 Å². The van der Waals surface area contributed by atoms with Gasteiger partial charge in [0.05, 0.1) is 0 Å². The number of Topliss-reactive ketones (excluding diaryl/α,β-unsaturated/α-hetero) is 1. The molecule has 0 aromatic heterocycles. The van der Waals surface area contributed by atoms with Crippen LogP contribution in [0.25, 0.3) is 0 Å². The predicted molar refractivity (Wildman–Crippen MR) is 55.6 cm³/mol. The highest BCUT2D eigenvalue weighted by Gasteiger charge is 2.47. The molecule has 1 saturated carbocycles. The first-order chi connectivity index (χ1) is 6.15.